The summed E-state index contributed by atoms with van der Waals surface area (Å²) in [6, 6.07) is 33.3. The molecule has 0 N–H and O–H groups in total. The van der Waals surface area contributed by atoms with Gasteiger partial charge < -0.3 is 4.74 Å². The minimum Gasteiger partial charge on any atom is -0.486 e. The summed E-state index contributed by atoms with van der Waals surface area (Å²) >= 11 is 1.38. The van der Waals surface area contributed by atoms with Crippen LogP contribution in [-0.4, -0.2) is 26.3 Å². The number of benzene rings is 4. The zero-order valence-electron chi connectivity index (χ0n) is 17.8. The van der Waals surface area contributed by atoms with Crippen LogP contribution in [0, 0.1) is 0 Å². The number of hydrogen-bond donors (Lipinski definition) is 0. The molecule has 33 heavy (non-hydrogen) atoms. The fraction of sp³-hybridized carbons (Fsp3) is 0.0741. The highest BCUT2D eigenvalue weighted by molar-refractivity contribution is 7.99. The lowest BCUT2D eigenvalue weighted by molar-refractivity contribution is 0.102. The number of nitrogens with zero attached hydrogens (tertiary/aromatic N) is 3. The largest absolute Gasteiger partial charge is 0.486 e. The van der Waals surface area contributed by atoms with Crippen molar-refractivity contribution in [3.8, 4) is 11.4 Å². The van der Waals surface area contributed by atoms with Crippen LogP contribution < -0.4 is 4.74 Å². The van der Waals surface area contributed by atoms with Crippen molar-refractivity contribution in [3.63, 3.8) is 0 Å². The molecule has 0 spiro atoms. The van der Waals surface area contributed by atoms with Crippen LogP contribution in [0.3, 0.4) is 0 Å². The lowest BCUT2D eigenvalue weighted by Crippen LogP contribution is -2.08. The van der Waals surface area contributed by atoms with Crippen molar-refractivity contribution in [2.24, 2.45) is 0 Å². The number of ether oxygens (including phenoxy) is 1. The molecule has 0 unspecified atom stereocenters. The van der Waals surface area contributed by atoms with Gasteiger partial charge in [-0.1, -0.05) is 84.6 Å². The van der Waals surface area contributed by atoms with Gasteiger partial charge in [0, 0.05) is 11.3 Å². The van der Waals surface area contributed by atoms with E-state index in [0.717, 1.165) is 22.2 Å². The lowest BCUT2D eigenvalue weighted by Gasteiger charge is -2.11. The first-order valence-electron chi connectivity index (χ1n) is 10.6. The molecular weight excluding hydrogens is 430 g/mol. The minimum absolute atomic E-state index is 0.0513. The molecular formula is C27H21N3O2S. The average molecular weight is 452 g/mol. The van der Waals surface area contributed by atoms with Crippen molar-refractivity contribution in [1.29, 1.82) is 0 Å². The molecule has 0 bridgehead atoms. The molecule has 0 aliphatic heterocycles. The Morgan fingerprint density at radius 2 is 1.48 bits per heavy atom. The highest BCUT2D eigenvalue weighted by Gasteiger charge is 2.17. The fourth-order valence-corrected chi connectivity index (χ4v) is 4.43. The average Bonchev–Trinajstić information content (AvgIpc) is 3.29. The topological polar surface area (TPSA) is 57.0 Å². The molecule has 0 amide bonds. The first-order valence-corrected chi connectivity index (χ1v) is 11.6. The Morgan fingerprint density at radius 1 is 0.788 bits per heavy atom. The molecule has 1 heterocycles. The number of ketones is 1. The van der Waals surface area contributed by atoms with Crippen molar-refractivity contribution >= 4 is 28.3 Å². The number of thioether (sulfide) groups is 1. The summed E-state index contributed by atoms with van der Waals surface area (Å²) in [6.07, 6.45) is 0. The van der Waals surface area contributed by atoms with Gasteiger partial charge in [0.2, 0.25) is 0 Å². The fourth-order valence-electron chi connectivity index (χ4n) is 3.56. The van der Waals surface area contributed by atoms with Gasteiger partial charge in [-0.3, -0.25) is 9.36 Å². The summed E-state index contributed by atoms with van der Waals surface area (Å²) in [5, 5.41) is 11.5. The number of para-hydroxylation sites is 2. The molecule has 6 heteroatoms. The van der Waals surface area contributed by atoms with Crippen LogP contribution in [0.15, 0.2) is 108 Å². The molecule has 5 nitrogen and oxygen atoms in total. The van der Waals surface area contributed by atoms with Gasteiger partial charge in [-0.05, 0) is 41.1 Å². The number of rotatable bonds is 8. The summed E-state index contributed by atoms with van der Waals surface area (Å²) < 4.78 is 7.85. The van der Waals surface area contributed by atoms with E-state index in [1.54, 1.807) is 0 Å². The Hall–Kier alpha value is -3.90. The van der Waals surface area contributed by atoms with Gasteiger partial charge in [-0.25, -0.2) is 0 Å². The van der Waals surface area contributed by atoms with Crippen LogP contribution in [-0.2, 0) is 6.61 Å². The summed E-state index contributed by atoms with van der Waals surface area (Å²) in [4.78, 5) is 12.9. The van der Waals surface area contributed by atoms with Crippen molar-refractivity contribution < 1.29 is 9.53 Å². The van der Waals surface area contributed by atoms with Gasteiger partial charge in [0.25, 0.3) is 0 Å². The van der Waals surface area contributed by atoms with E-state index >= 15 is 0 Å². The van der Waals surface area contributed by atoms with E-state index < -0.39 is 0 Å². The summed E-state index contributed by atoms with van der Waals surface area (Å²) in [5.41, 5.74) is 1.62. The number of hydrogen-bond acceptors (Lipinski definition) is 5. The molecule has 5 rings (SSSR count). The third kappa shape index (κ3) is 4.81. The van der Waals surface area contributed by atoms with Crippen molar-refractivity contribution in [2.45, 2.75) is 11.8 Å². The second kappa shape index (κ2) is 9.71. The van der Waals surface area contributed by atoms with Crippen LogP contribution in [0.1, 0.15) is 16.2 Å². The van der Waals surface area contributed by atoms with E-state index in [-0.39, 0.29) is 18.1 Å². The lowest BCUT2D eigenvalue weighted by atomic mass is 10.1. The summed E-state index contributed by atoms with van der Waals surface area (Å²) in [5.74, 6) is 1.75. The number of aromatic nitrogens is 3. The van der Waals surface area contributed by atoms with Gasteiger partial charge in [0.05, 0.1) is 5.75 Å². The molecule has 0 saturated heterocycles. The van der Waals surface area contributed by atoms with Gasteiger partial charge in [0.1, 0.15) is 12.4 Å². The van der Waals surface area contributed by atoms with Crippen LogP contribution in [0.2, 0.25) is 0 Å². The normalized spacial score (nSPS) is 10.9. The van der Waals surface area contributed by atoms with Gasteiger partial charge in [0.15, 0.2) is 16.8 Å². The Kier molecular flexibility index (Phi) is 6.17. The first kappa shape index (κ1) is 21.0. The Bertz CT molecular complexity index is 1380. The predicted molar refractivity (Wildman–Crippen MR) is 131 cm³/mol. The Labute approximate surface area is 196 Å². The number of carbonyl (C=O) groups excluding carboxylic acids is 1. The smallest absolute Gasteiger partial charge is 0.196 e. The minimum atomic E-state index is 0.0513. The second-order valence-corrected chi connectivity index (χ2v) is 8.39. The highest BCUT2D eigenvalue weighted by Crippen LogP contribution is 2.25. The number of Topliss-reactive ketones (excluding diaryl/α,β-unsaturated/α-hetero) is 1. The molecule has 0 aliphatic carbocycles. The second-order valence-electron chi connectivity index (χ2n) is 7.45. The summed E-state index contributed by atoms with van der Waals surface area (Å²) in [7, 11) is 0. The zero-order chi connectivity index (χ0) is 22.5. The maximum atomic E-state index is 12.9. The number of fused-ring (bicyclic) bond motifs is 1. The van der Waals surface area contributed by atoms with Crippen molar-refractivity contribution in [3.05, 3.63) is 115 Å². The predicted octanol–water partition coefficient (Wildman–Crippen LogP) is 5.97. The third-order valence-corrected chi connectivity index (χ3v) is 6.16. The zero-order valence-corrected chi connectivity index (χ0v) is 18.6. The van der Waals surface area contributed by atoms with E-state index in [0.29, 0.717) is 16.5 Å². The monoisotopic (exact) mass is 451 g/mol. The molecule has 1 aromatic heterocycles. The van der Waals surface area contributed by atoms with E-state index in [9.17, 15) is 4.79 Å². The molecule has 0 fully saturated rings. The highest BCUT2D eigenvalue weighted by atomic mass is 32.2. The van der Waals surface area contributed by atoms with E-state index in [2.05, 4.69) is 10.2 Å². The molecule has 162 valence electrons. The molecule has 5 aromatic rings. The van der Waals surface area contributed by atoms with Crippen molar-refractivity contribution in [2.75, 3.05) is 5.75 Å². The molecule has 4 aromatic carbocycles. The SMILES string of the molecule is O=C(CSc1nnc(COc2ccccc2)n1-c1ccccc1)c1ccc2ccccc2c1. The summed E-state index contributed by atoms with van der Waals surface area (Å²) in [6.45, 7) is 0.269. The molecule has 0 aliphatic rings. The number of carbonyl (C=O) groups is 1. The maximum absolute atomic E-state index is 12.9. The van der Waals surface area contributed by atoms with E-state index in [4.69, 9.17) is 4.74 Å². The van der Waals surface area contributed by atoms with Crippen LogP contribution in [0.4, 0.5) is 0 Å². The molecule has 0 atom stereocenters. The standard InChI is InChI=1S/C27H21N3O2S/c31-25(22-16-15-20-9-7-8-10-21(20)17-22)19-33-27-29-28-26(18-32-24-13-5-2-6-14-24)30(27)23-11-3-1-4-12-23/h1-17H,18-19H2. The van der Waals surface area contributed by atoms with Gasteiger partial charge >= 0.3 is 0 Å². The Morgan fingerprint density at radius 3 is 2.27 bits per heavy atom. The van der Waals surface area contributed by atoms with Crippen LogP contribution in [0.5, 0.6) is 5.75 Å². The van der Waals surface area contributed by atoms with Crippen LogP contribution in [0.25, 0.3) is 16.5 Å². The van der Waals surface area contributed by atoms with Crippen molar-refractivity contribution in [1.82, 2.24) is 14.8 Å². The molecule has 0 radical (unpaired) electrons. The Balaban J connectivity index is 1.36. The van der Waals surface area contributed by atoms with E-state index in [1.807, 2.05) is 108 Å². The third-order valence-electron chi connectivity index (χ3n) is 5.23. The molecule has 0 saturated carbocycles. The quantitative estimate of drug-likeness (QED) is 0.215. The maximum Gasteiger partial charge on any atom is 0.196 e. The first-order chi connectivity index (χ1) is 16.3. The van der Waals surface area contributed by atoms with E-state index in [1.165, 1.54) is 11.8 Å². The van der Waals surface area contributed by atoms with Gasteiger partial charge in [-0.15, -0.1) is 10.2 Å². The van der Waals surface area contributed by atoms with Crippen LogP contribution >= 0.6 is 11.8 Å². The van der Waals surface area contributed by atoms with Gasteiger partial charge in [-0.2, -0.15) is 0 Å².